The van der Waals surface area contributed by atoms with E-state index in [9.17, 15) is 26.7 Å². The summed E-state index contributed by atoms with van der Waals surface area (Å²) >= 11 is 0. The van der Waals surface area contributed by atoms with Crippen molar-refractivity contribution in [2.75, 3.05) is 29.4 Å². The van der Waals surface area contributed by atoms with E-state index in [-0.39, 0.29) is 17.4 Å². The van der Waals surface area contributed by atoms with Gasteiger partial charge in [-0.2, -0.15) is 18.3 Å². The number of hydrogen-bond acceptors (Lipinski definition) is 6. The van der Waals surface area contributed by atoms with E-state index >= 15 is 0 Å². The lowest BCUT2D eigenvalue weighted by atomic mass is 9.77. The molecule has 1 spiro atoms. The van der Waals surface area contributed by atoms with Gasteiger partial charge in [0.05, 0.1) is 23.4 Å². The number of aromatic nitrogens is 5. The third kappa shape index (κ3) is 3.92. The molecule has 0 bridgehead atoms. The number of halogens is 5. The van der Waals surface area contributed by atoms with Crippen LogP contribution in [0.1, 0.15) is 24.8 Å². The van der Waals surface area contributed by atoms with Gasteiger partial charge in [0.15, 0.2) is 11.5 Å². The first kappa shape index (κ1) is 22.4. The summed E-state index contributed by atoms with van der Waals surface area (Å²) < 4.78 is 65.1. The lowest BCUT2D eigenvalue weighted by Gasteiger charge is -2.38. The fraction of sp³-hybridized carbons (Fsp3) is 0.476. The van der Waals surface area contributed by atoms with E-state index in [1.807, 2.05) is 4.90 Å². The van der Waals surface area contributed by atoms with E-state index in [0.717, 1.165) is 16.9 Å². The first-order chi connectivity index (χ1) is 16.2. The number of carbonyl (C=O) groups is 1. The van der Waals surface area contributed by atoms with Gasteiger partial charge < -0.3 is 4.90 Å². The molecule has 3 aromatic rings. The van der Waals surface area contributed by atoms with Crippen molar-refractivity contribution in [3.05, 3.63) is 36.3 Å². The Hall–Kier alpha value is -3.38. The lowest BCUT2D eigenvalue weighted by molar-refractivity contribution is -0.137. The molecule has 0 aromatic carbocycles. The average Bonchev–Trinajstić information content (AvgIpc) is 3.34. The molecule has 8 nitrogen and oxygen atoms in total. The van der Waals surface area contributed by atoms with Crippen LogP contribution in [0.15, 0.2) is 30.7 Å². The van der Waals surface area contributed by atoms with Gasteiger partial charge in [0.2, 0.25) is 5.91 Å². The van der Waals surface area contributed by atoms with Crippen LogP contribution in [0.4, 0.5) is 33.6 Å². The van der Waals surface area contributed by atoms with Gasteiger partial charge in [-0.3, -0.25) is 9.69 Å². The predicted octanol–water partition coefficient (Wildman–Crippen LogP) is 3.53. The van der Waals surface area contributed by atoms with Gasteiger partial charge in [0.25, 0.3) is 6.43 Å². The Morgan fingerprint density at radius 1 is 0.971 bits per heavy atom. The second-order valence-corrected chi connectivity index (χ2v) is 8.53. The largest absolute Gasteiger partial charge is 0.417 e. The number of pyridine rings is 1. The van der Waals surface area contributed by atoms with Crippen molar-refractivity contribution in [1.29, 1.82) is 0 Å². The number of amides is 1. The van der Waals surface area contributed by atoms with Crippen LogP contribution in [0.5, 0.6) is 0 Å². The molecule has 0 N–H and O–H groups in total. The third-order valence-corrected chi connectivity index (χ3v) is 6.55. The Kier molecular flexibility index (Phi) is 5.36. The lowest BCUT2D eigenvalue weighted by Crippen LogP contribution is -2.45. The zero-order valence-corrected chi connectivity index (χ0v) is 17.8. The monoisotopic (exact) mass is 481 g/mol. The Balaban J connectivity index is 1.30. The summed E-state index contributed by atoms with van der Waals surface area (Å²) in [6.07, 6.45) is -1.81. The molecule has 2 aliphatic rings. The van der Waals surface area contributed by atoms with Crippen molar-refractivity contribution in [3.8, 4) is 0 Å². The van der Waals surface area contributed by atoms with Crippen LogP contribution in [-0.2, 0) is 17.5 Å². The van der Waals surface area contributed by atoms with Gasteiger partial charge in [0.1, 0.15) is 17.9 Å². The van der Waals surface area contributed by atoms with Crippen LogP contribution in [0.3, 0.4) is 0 Å². The molecular formula is C21H20F5N7O. The van der Waals surface area contributed by atoms with E-state index < -0.39 is 30.1 Å². The van der Waals surface area contributed by atoms with Gasteiger partial charge in [0, 0.05) is 25.8 Å². The molecule has 0 unspecified atom stereocenters. The van der Waals surface area contributed by atoms with Crippen molar-refractivity contribution in [1.82, 2.24) is 24.7 Å². The second kappa shape index (κ2) is 8.13. The van der Waals surface area contributed by atoms with Crippen molar-refractivity contribution in [2.24, 2.45) is 5.41 Å². The normalized spacial score (nSPS) is 18.6. The van der Waals surface area contributed by atoms with Crippen molar-refractivity contribution < 1.29 is 26.7 Å². The maximum atomic E-state index is 13.4. The summed E-state index contributed by atoms with van der Waals surface area (Å²) in [4.78, 5) is 29.3. The average molecular weight is 481 g/mol. The molecular weight excluding hydrogens is 461 g/mol. The number of piperidine rings is 1. The standard InChI is InChI=1S/C21H20F5N7O/c22-15(23)12-33-18-14(10-29-33)27-11-17(30-18)32-8-5-20(19(32)34)3-6-31(7-4-20)16-2-1-13(9-28-16)21(24,25)26/h1-2,9-11,15H,3-8,12H2. The minimum Gasteiger partial charge on any atom is -0.357 e. The molecule has 2 saturated heterocycles. The quantitative estimate of drug-likeness (QED) is 0.531. The SMILES string of the molecule is O=C1N(c2cnc3cnn(CC(F)F)c3n2)CCC12CCN(c1ccc(C(F)(F)F)cn1)CC2. The number of anilines is 2. The molecule has 180 valence electrons. The summed E-state index contributed by atoms with van der Waals surface area (Å²) in [6, 6.07) is 2.35. The molecule has 0 aliphatic carbocycles. The van der Waals surface area contributed by atoms with Gasteiger partial charge >= 0.3 is 6.18 Å². The van der Waals surface area contributed by atoms with E-state index in [0.29, 0.717) is 50.2 Å². The van der Waals surface area contributed by atoms with Gasteiger partial charge in [-0.05, 0) is 31.4 Å². The zero-order valence-electron chi connectivity index (χ0n) is 17.8. The van der Waals surface area contributed by atoms with Gasteiger partial charge in [-0.15, -0.1) is 0 Å². The topological polar surface area (TPSA) is 80.0 Å². The molecule has 3 aromatic heterocycles. The van der Waals surface area contributed by atoms with E-state index in [1.165, 1.54) is 23.4 Å². The number of hydrogen-bond donors (Lipinski definition) is 0. The maximum Gasteiger partial charge on any atom is 0.417 e. The Morgan fingerprint density at radius 2 is 1.71 bits per heavy atom. The fourth-order valence-electron chi connectivity index (χ4n) is 4.64. The maximum absolute atomic E-state index is 13.4. The van der Waals surface area contributed by atoms with Gasteiger partial charge in [-0.25, -0.2) is 28.4 Å². The molecule has 34 heavy (non-hydrogen) atoms. The van der Waals surface area contributed by atoms with E-state index in [4.69, 9.17) is 0 Å². The number of fused-ring (bicyclic) bond motifs is 1. The van der Waals surface area contributed by atoms with Crippen LogP contribution >= 0.6 is 0 Å². The number of rotatable bonds is 4. The van der Waals surface area contributed by atoms with Crippen LogP contribution in [0.25, 0.3) is 11.2 Å². The molecule has 0 radical (unpaired) electrons. The molecule has 13 heteroatoms. The summed E-state index contributed by atoms with van der Waals surface area (Å²) in [5.74, 6) is 0.618. The number of alkyl halides is 5. The highest BCUT2D eigenvalue weighted by Crippen LogP contribution is 2.43. The first-order valence-electron chi connectivity index (χ1n) is 10.7. The summed E-state index contributed by atoms with van der Waals surface area (Å²) in [6.45, 7) is 0.751. The van der Waals surface area contributed by atoms with Crippen LogP contribution in [0.2, 0.25) is 0 Å². The van der Waals surface area contributed by atoms with Crippen LogP contribution in [0, 0.1) is 5.41 Å². The minimum absolute atomic E-state index is 0.110. The van der Waals surface area contributed by atoms with Crippen molar-refractivity contribution in [2.45, 2.75) is 38.4 Å². The molecule has 2 aliphatic heterocycles. The van der Waals surface area contributed by atoms with Gasteiger partial charge in [-0.1, -0.05) is 0 Å². The van der Waals surface area contributed by atoms with Crippen molar-refractivity contribution in [3.63, 3.8) is 0 Å². The van der Waals surface area contributed by atoms with E-state index in [2.05, 4.69) is 20.1 Å². The Bertz CT molecular complexity index is 1200. The summed E-state index contributed by atoms with van der Waals surface area (Å²) in [5.41, 5.74) is -0.861. The zero-order chi connectivity index (χ0) is 24.1. The predicted molar refractivity (Wildman–Crippen MR) is 111 cm³/mol. The molecule has 5 heterocycles. The number of nitrogens with zero attached hydrogens (tertiary/aromatic N) is 7. The first-order valence-corrected chi connectivity index (χ1v) is 10.7. The molecule has 0 saturated carbocycles. The molecule has 1 amide bonds. The fourth-order valence-corrected chi connectivity index (χ4v) is 4.64. The highest BCUT2D eigenvalue weighted by molar-refractivity contribution is 5.99. The third-order valence-electron chi connectivity index (χ3n) is 6.55. The summed E-state index contributed by atoms with van der Waals surface area (Å²) in [7, 11) is 0. The number of carbonyl (C=O) groups excluding carboxylic acids is 1. The molecule has 5 rings (SSSR count). The van der Waals surface area contributed by atoms with Crippen LogP contribution in [-0.4, -0.2) is 56.7 Å². The highest BCUT2D eigenvalue weighted by atomic mass is 19.4. The highest BCUT2D eigenvalue weighted by Gasteiger charge is 2.49. The minimum atomic E-state index is -4.44. The second-order valence-electron chi connectivity index (χ2n) is 8.53. The Morgan fingerprint density at radius 3 is 2.35 bits per heavy atom. The smallest absolute Gasteiger partial charge is 0.357 e. The van der Waals surface area contributed by atoms with E-state index in [1.54, 1.807) is 0 Å². The summed E-state index contributed by atoms with van der Waals surface area (Å²) in [5, 5.41) is 3.90. The van der Waals surface area contributed by atoms with Crippen LogP contribution < -0.4 is 9.80 Å². The Labute approximate surface area is 190 Å². The molecule has 0 atom stereocenters. The molecule has 2 fully saturated rings. The van der Waals surface area contributed by atoms with Crippen molar-refractivity contribution >= 4 is 28.7 Å².